The number of fused-ring (bicyclic) bond motifs is 7. The minimum Gasteiger partial charge on any atom is -0.482 e. The number of aromatic nitrogens is 4. The molecule has 202 valence electrons. The molecule has 4 aliphatic rings. The number of ether oxygens (including phenoxy) is 1. The zero-order chi connectivity index (χ0) is 27.0. The van der Waals surface area contributed by atoms with Gasteiger partial charge in [-0.1, -0.05) is 18.2 Å². The topological polar surface area (TPSA) is 97.5 Å². The molecule has 2 aromatic heterocycles. The molecule has 1 N–H and O–H groups in total. The second kappa shape index (κ2) is 8.53. The minimum atomic E-state index is -0.168. The number of carbonyl (C=O) groups excluding carboxylic acids is 1. The molecule has 2 aromatic carbocycles. The highest BCUT2D eigenvalue weighted by molar-refractivity contribution is 5.98. The number of nitrogens with zero attached hydrogens (tertiary/aromatic N) is 6. The number of rotatable bonds is 2. The molecular formula is C30H29N7O3. The molecule has 3 aliphatic heterocycles. The Labute approximate surface area is 230 Å². The molecule has 40 heavy (non-hydrogen) atoms. The predicted octanol–water partition coefficient (Wildman–Crippen LogP) is 3.49. The predicted molar refractivity (Wildman–Crippen MR) is 152 cm³/mol. The third kappa shape index (κ3) is 3.59. The SMILES string of the molecule is CN1Cc2cc(Nc3ncc4c(=O)n5n(c4n3)-c3ccc4c(c3)N(CC/C=C/C5)C(=O)CO4)ccc2C2(CC2)C1. The van der Waals surface area contributed by atoms with Gasteiger partial charge in [-0.2, -0.15) is 4.98 Å². The van der Waals surface area contributed by atoms with E-state index in [2.05, 4.69) is 40.4 Å². The van der Waals surface area contributed by atoms with Gasteiger partial charge in [0.1, 0.15) is 11.1 Å². The first-order valence-electron chi connectivity index (χ1n) is 13.8. The van der Waals surface area contributed by atoms with Crippen LogP contribution >= 0.6 is 0 Å². The third-order valence-electron chi connectivity index (χ3n) is 8.57. The van der Waals surface area contributed by atoms with E-state index in [1.54, 1.807) is 15.8 Å². The van der Waals surface area contributed by atoms with Crippen LogP contribution in [-0.2, 0) is 23.3 Å². The number of carbonyl (C=O) groups is 1. The van der Waals surface area contributed by atoms with Crippen molar-refractivity contribution in [2.75, 3.05) is 37.0 Å². The molecule has 8 rings (SSSR count). The fourth-order valence-electron chi connectivity index (χ4n) is 6.55. The smallest absolute Gasteiger partial charge is 0.278 e. The Kier molecular flexibility index (Phi) is 5.00. The summed E-state index contributed by atoms with van der Waals surface area (Å²) >= 11 is 0. The summed E-state index contributed by atoms with van der Waals surface area (Å²) in [5.41, 5.74) is 5.81. The second-order valence-corrected chi connectivity index (χ2v) is 11.3. The van der Waals surface area contributed by atoms with Crippen molar-refractivity contribution in [3.05, 3.63) is 76.2 Å². The summed E-state index contributed by atoms with van der Waals surface area (Å²) in [7, 11) is 2.18. The van der Waals surface area contributed by atoms with Gasteiger partial charge in [0.25, 0.3) is 11.5 Å². The quantitative estimate of drug-likeness (QED) is 0.393. The summed E-state index contributed by atoms with van der Waals surface area (Å²) in [6.45, 7) is 2.99. The van der Waals surface area contributed by atoms with E-state index in [4.69, 9.17) is 9.72 Å². The average Bonchev–Trinajstić information content (AvgIpc) is 3.65. The Morgan fingerprint density at radius 3 is 2.85 bits per heavy atom. The van der Waals surface area contributed by atoms with Gasteiger partial charge in [0.2, 0.25) is 5.95 Å². The number of nitrogens with one attached hydrogen (secondary N) is 1. The summed E-state index contributed by atoms with van der Waals surface area (Å²) in [5.74, 6) is 0.992. The van der Waals surface area contributed by atoms with Crippen LogP contribution in [0.5, 0.6) is 5.75 Å². The van der Waals surface area contributed by atoms with E-state index >= 15 is 0 Å². The molecule has 4 aromatic rings. The number of hydrogen-bond donors (Lipinski definition) is 1. The first-order chi connectivity index (χ1) is 19.5. The number of anilines is 3. The average molecular weight is 536 g/mol. The standard InChI is InChI=1S/C30H29N7O3/c1-34-16-19-13-20(5-7-23(19)30(18-34)9-10-30)32-29-31-15-22-27(33-29)37-21-6-8-25-24(14-21)35(26(38)17-40-25)11-3-2-4-12-36(37)28(22)39/h2,4-8,13-15H,3,9-12,16-18H2,1H3,(H,31,32,33)/b4-2+. The highest BCUT2D eigenvalue weighted by atomic mass is 16.5. The summed E-state index contributed by atoms with van der Waals surface area (Å²) in [6, 6.07) is 12.2. The van der Waals surface area contributed by atoms with E-state index < -0.39 is 0 Å². The van der Waals surface area contributed by atoms with Crippen molar-refractivity contribution in [1.29, 1.82) is 0 Å². The summed E-state index contributed by atoms with van der Waals surface area (Å²) in [4.78, 5) is 39.7. The second-order valence-electron chi connectivity index (χ2n) is 11.3. The molecule has 0 saturated heterocycles. The largest absolute Gasteiger partial charge is 0.482 e. The van der Waals surface area contributed by atoms with Gasteiger partial charge < -0.3 is 19.9 Å². The highest BCUT2D eigenvalue weighted by Crippen LogP contribution is 2.52. The Balaban J connectivity index is 1.23. The molecule has 10 nitrogen and oxygen atoms in total. The molecule has 10 heteroatoms. The van der Waals surface area contributed by atoms with Gasteiger partial charge in [-0.3, -0.25) is 9.59 Å². The Bertz CT molecular complexity index is 1800. The summed E-state index contributed by atoms with van der Waals surface area (Å²) in [6.07, 6.45) is 8.74. The zero-order valence-corrected chi connectivity index (χ0v) is 22.3. The van der Waals surface area contributed by atoms with E-state index in [9.17, 15) is 9.59 Å². The van der Waals surface area contributed by atoms with Crippen molar-refractivity contribution in [2.24, 2.45) is 0 Å². The lowest BCUT2D eigenvalue weighted by Crippen LogP contribution is -2.39. The van der Waals surface area contributed by atoms with Gasteiger partial charge in [0, 0.05) is 36.9 Å². The van der Waals surface area contributed by atoms with Crippen molar-refractivity contribution >= 4 is 34.3 Å². The van der Waals surface area contributed by atoms with Crippen LogP contribution in [0.2, 0.25) is 0 Å². The minimum absolute atomic E-state index is 0.0233. The van der Waals surface area contributed by atoms with Crippen LogP contribution in [0.4, 0.5) is 17.3 Å². The van der Waals surface area contributed by atoms with E-state index in [0.717, 1.165) is 24.5 Å². The van der Waals surface area contributed by atoms with Crippen LogP contribution in [0.25, 0.3) is 16.7 Å². The molecule has 1 spiro atoms. The monoisotopic (exact) mass is 535 g/mol. The Morgan fingerprint density at radius 2 is 1.98 bits per heavy atom. The van der Waals surface area contributed by atoms with Crippen LogP contribution in [0.3, 0.4) is 0 Å². The maximum absolute atomic E-state index is 13.5. The van der Waals surface area contributed by atoms with Crippen LogP contribution in [0.1, 0.15) is 30.4 Å². The molecule has 1 fully saturated rings. The lowest BCUT2D eigenvalue weighted by Gasteiger charge is -2.32. The van der Waals surface area contributed by atoms with E-state index in [0.29, 0.717) is 53.3 Å². The van der Waals surface area contributed by atoms with Crippen LogP contribution in [0.15, 0.2) is 59.5 Å². The van der Waals surface area contributed by atoms with Crippen molar-refractivity contribution < 1.29 is 9.53 Å². The molecule has 1 aliphatic carbocycles. The van der Waals surface area contributed by atoms with Crippen molar-refractivity contribution in [1.82, 2.24) is 24.2 Å². The number of amides is 1. The number of allylic oxidation sites excluding steroid dienone is 1. The molecule has 2 bridgehead atoms. The molecule has 1 saturated carbocycles. The third-order valence-corrected chi connectivity index (χ3v) is 8.57. The highest BCUT2D eigenvalue weighted by Gasteiger charge is 2.48. The van der Waals surface area contributed by atoms with Gasteiger partial charge in [-0.25, -0.2) is 14.3 Å². The van der Waals surface area contributed by atoms with E-state index in [1.807, 2.05) is 35.0 Å². The maximum Gasteiger partial charge on any atom is 0.278 e. The molecule has 0 radical (unpaired) electrons. The van der Waals surface area contributed by atoms with Crippen LogP contribution in [0, 0.1) is 0 Å². The fourth-order valence-corrected chi connectivity index (χ4v) is 6.55. The van der Waals surface area contributed by atoms with Crippen LogP contribution < -0.4 is 20.5 Å². The Morgan fingerprint density at radius 1 is 1.07 bits per heavy atom. The zero-order valence-electron chi connectivity index (χ0n) is 22.3. The lowest BCUT2D eigenvalue weighted by molar-refractivity contribution is -0.121. The first-order valence-corrected chi connectivity index (χ1v) is 13.8. The normalized spacial score (nSPS) is 19.9. The van der Waals surface area contributed by atoms with Crippen LogP contribution in [-0.4, -0.2) is 56.9 Å². The summed E-state index contributed by atoms with van der Waals surface area (Å²) < 4.78 is 9.17. The van der Waals surface area contributed by atoms with Gasteiger partial charge in [-0.05, 0) is 67.8 Å². The van der Waals surface area contributed by atoms with E-state index in [1.165, 1.54) is 24.0 Å². The molecule has 1 amide bonds. The first kappa shape index (κ1) is 23.4. The van der Waals surface area contributed by atoms with Gasteiger partial charge in [-0.15, -0.1) is 0 Å². The fraction of sp³-hybridized carbons (Fsp3) is 0.333. The van der Waals surface area contributed by atoms with E-state index in [-0.39, 0.29) is 18.1 Å². The lowest BCUT2D eigenvalue weighted by atomic mass is 9.87. The van der Waals surface area contributed by atoms with Gasteiger partial charge in [0.05, 0.1) is 17.9 Å². The number of likely N-dealkylation sites (N-methyl/N-ethyl adjacent to an activating group) is 1. The maximum atomic E-state index is 13.5. The van der Waals surface area contributed by atoms with Crippen molar-refractivity contribution in [2.45, 2.75) is 37.8 Å². The number of hydrogen-bond acceptors (Lipinski definition) is 7. The molecule has 0 unspecified atom stereocenters. The molecule has 5 heterocycles. The Hall–Kier alpha value is -4.44. The molecule has 0 atom stereocenters. The van der Waals surface area contributed by atoms with Gasteiger partial charge in [0.15, 0.2) is 12.3 Å². The van der Waals surface area contributed by atoms with Crippen molar-refractivity contribution in [3.8, 4) is 11.4 Å². The summed E-state index contributed by atoms with van der Waals surface area (Å²) in [5, 5.41) is 3.81. The molecular weight excluding hydrogens is 506 g/mol. The number of benzene rings is 2. The van der Waals surface area contributed by atoms with Gasteiger partial charge >= 0.3 is 0 Å². The van der Waals surface area contributed by atoms with Crippen molar-refractivity contribution in [3.63, 3.8) is 0 Å².